The van der Waals surface area contributed by atoms with Gasteiger partial charge in [-0.05, 0) is 50.2 Å². The van der Waals surface area contributed by atoms with Crippen LogP contribution in [0.4, 0.5) is 22.7 Å². The topological polar surface area (TPSA) is 103 Å². The Kier molecular flexibility index (Phi) is 6.19. The highest BCUT2D eigenvalue weighted by Gasteiger charge is 2.15. The third-order valence-electron chi connectivity index (χ3n) is 4.17. The fourth-order valence-corrected chi connectivity index (χ4v) is 2.85. The zero-order chi connectivity index (χ0) is 20.8. The molecule has 7 nitrogen and oxygen atoms in total. The average Bonchev–Trinajstić information content (AvgIpc) is 2.70. The number of aromatic hydroxyl groups is 3. The Morgan fingerprint density at radius 2 is 1.14 bits per heavy atom. The van der Waals surface area contributed by atoms with Crippen molar-refractivity contribution in [3.05, 3.63) is 54.6 Å². The number of hydrogen-bond donors (Lipinski definition) is 5. The Hall–Kier alpha value is -3.74. The van der Waals surface area contributed by atoms with E-state index in [4.69, 9.17) is 9.47 Å². The molecule has 3 aromatic rings. The molecule has 3 aromatic carbocycles. The fourth-order valence-electron chi connectivity index (χ4n) is 2.85. The lowest BCUT2D eigenvalue weighted by molar-refractivity contribution is 0.319. The summed E-state index contributed by atoms with van der Waals surface area (Å²) in [6, 6.07) is 15.1. The first kappa shape index (κ1) is 20.0. The first-order valence-electron chi connectivity index (χ1n) is 9.30. The first-order chi connectivity index (χ1) is 14.0. The van der Waals surface area contributed by atoms with Crippen molar-refractivity contribution < 1.29 is 24.8 Å². The van der Waals surface area contributed by atoms with Crippen molar-refractivity contribution in [1.82, 2.24) is 0 Å². The smallest absolute Gasteiger partial charge is 0.181 e. The van der Waals surface area contributed by atoms with E-state index in [0.29, 0.717) is 47.5 Å². The molecule has 0 heterocycles. The Morgan fingerprint density at radius 1 is 0.655 bits per heavy atom. The maximum Gasteiger partial charge on any atom is 0.181 e. The second-order valence-electron chi connectivity index (χ2n) is 6.12. The summed E-state index contributed by atoms with van der Waals surface area (Å²) in [7, 11) is 0. The van der Waals surface area contributed by atoms with Gasteiger partial charge in [0.2, 0.25) is 0 Å². The van der Waals surface area contributed by atoms with Gasteiger partial charge in [0.05, 0.1) is 30.3 Å². The van der Waals surface area contributed by atoms with Gasteiger partial charge in [-0.25, -0.2) is 0 Å². The summed E-state index contributed by atoms with van der Waals surface area (Å²) in [6.07, 6.45) is 0. The number of rotatable bonds is 8. The minimum Gasteiger partial charge on any atom is -0.506 e. The summed E-state index contributed by atoms with van der Waals surface area (Å²) >= 11 is 0. The molecular weight excluding hydrogens is 372 g/mol. The van der Waals surface area contributed by atoms with Crippen LogP contribution in [-0.4, -0.2) is 28.5 Å². The van der Waals surface area contributed by atoms with Gasteiger partial charge >= 0.3 is 0 Å². The van der Waals surface area contributed by atoms with E-state index in [1.54, 1.807) is 48.5 Å². The highest BCUT2D eigenvalue weighted by molar-refractivity contribution is 5.86. The molecule has 0 saturated carbocycles. The van der Waals surface area contributed by atoms with E-state index in [2.05, 4.69) is 10.6 Å². The van der Waals surface area contributed by atoms with Gasteiger partial charge in [-0.2, -0.15) is 0 Å². The van der Waals surface area contributed by atoms with Gasteiger partial charge in [0.15, 0.2) is 23.0 Å². The molecule has 0 radical (unpaired) electrons. The SMILES string of the molecule is CCOc1cccc(Nc2cccc(O)c2Nc2cccc(OCC)c2O)c1O. The maximum atomic E-state index is 10.4. The van der Waals surface area contributed by atoms with E-state index < -0.39 is 0 Å². The number of phenolic OH excluding ortho intramolecular Hbond substituents is 3. The van der Waals surface area contributed by atoms with E-state index in [1.807, 2.05) is 13.8 Å². The van der Waals surface area contributed by atoms with Crippen molar-refractivity contribution in [1.29, 1.82) is 0 Å². The zero-order valence-electron chi connectivity index (χ0n) is 16.3. The minimum atomic E-state index is -0.0651. The summed E-state index contributed by atoms with van der Waals surface area (Å²) in [4.78, 5) is 0. The molecule has 0 fully saturated rings. The molecule has 0 bridgehead atoms. The summed E-state index contributed by atoms with van der Waals surface area (Å²) in [5, 5.41) is 37.4. The summed E-state index contributed by atoms with van der Waals surface area (Å²) in [5.41, 5.74) is 1.61. The maximum absolute atomic E-state index is 10.4. The molecule has 152 valence electrons. The molecule has 0 saturated heterocycles. The van der Waals surface area contributed by atoms with Crippen LogP contribution in [0.5, 0.6) is 28.7 Å². The third-order valence-corrected chi connectivity index (χ3v) is 4.17. The van der Waals surface area contributed by atoms with Crippen LogP contribution in [0.15, 0.2) is 54.6 Å². The van der Waals surface area contributed by atoms with Crippen molar-refractivity contribution in [2.75, 3.05) is 23.8 Å². The van der Waals surface area contributed by atoms with E-state index in [9.17, 15) is 15.3 Å². The van der Waals surface area contributed by atoms with Crippen LogP contribution in [0.25, 0.3) is 0 Å². The summed E-state index contributed by atoms with van der Waals surface area (Å²) < 4.78 is 10.8. The van der Waals surface area contributed by atoms with Crippen LogP contribution in [0.2, 0.25) is 0 Å². The van der Waals surface area contributed by atoms with E-state index >= 15 is 0 Å². The predicted molar refractivity (Wildman–Crippen MR) is 113 cm³/mol. The molecule has 0 aromatic heterocycles. The minimum absolute atomic E-state index is 0.0309. The number of hydrogen-bond acceptors (Lipinski definition) is 7. The quantitative estimate of drug-likeness (QED) is 0.338. The zero-order valence-corrected chi connectivity index (χ0v) is 16.3. The van der Waals surface area contributed by atoms with Crippen molar-refractivity contribution >= 4 is 22.7 Å². The van der Waals surface area contributed by atoms with Gasteiger partial charge in [-0.1, -0.05) is 18.2 Å². The summed E-state index contributed by atoms with van der Waals surface area (Å²) in [5.74, 6) is 0.560. The Bertz CT molecular complexity index is 991. The molecular formula is C22H24N2O5. The Labute approximate surface area is 169 Å². The monoisotopic (exact) mass is 396 g/mol. The van der Waals surface area contributed by atoms with Crippen LogP contribution in [-0.2, 0) is 0 Å². The van der Waals surface area contributed by atoms with Crippen LogP contribution in [0.1, 0.15) is 13.8 Å². The standard InChI is InChI=1S/C22H24N2O5/c1-3-28-18-12-6-9-15(21(18)26)23-14-8-5-11-17(25)20(14)24-16-10-7-13-19(22(16)27)29-4-2/h5-13,23-27H,3-4H2,1-2H3. The van der Waals surface area contributed by atoms with Gasteiger partial charge in [0.25, 0.3) is 0 Å². The van der Waals surface area contributed by atoms with Gasteiger partial charge in [-0.15, -0.1) is 0 Å². The molecule has 0 aliphatic rings. The van der Waals surface area contributed by atoms with Crippen LogP contribution in [0, 0.1) is 0 Å². The number of phenols is 3. The Morgan fingerprint density at radius 3 is 1.69 bits per heavy atom. The van der Waals surface area contributed by atoms with Crippen LogP contribution >= 0.6 is 0 Å². The molecule has 0 amide bonds. The second-order valence-corrected chi connectivity index (χ2v) is 6.12. The Balaban J connectivity index is 1.95. The number of ether oxygens (including phenoxy) is 2. The largest absolute Gasteiger partial charge is 0.506 e. The molecule has 0 aliphatic heterocycles. The van der Waals surface area contributed by atoms with E-state index in [0.717, 1.165) is 0 Å². The third kappa shape index (κ3) is 4.40. The average molecular weight is 396 g/mol. The number of para-hydroxylation sites is 3. The summed E-state index contributed by atoms with van der Waals surface area (Å²) in [6.45, 7) is 4.49. The lowest BCUT2D eigenvalue weighted by atomic mass is 10.2. The van der Waals surface area contributed by atoms with Crippen LogP contribution < -0.4 is 20.1 Å². The highest BCUT2D eigenvalue weighted by atomic mass is 16.5. The highest BCUT2D eigenvalue weighted by Crippen LogP contribution is 2.43. The van der Waals surface area contributed by atoms with Gasteiger partial charge < -0.3 is 35.4 Å². The first-order valence-corrected chi connectivity index (χ1v) is 9.30. The lowest BCUT2D eigenvalue weighted by Gasteiger charge is -2.18. The molecule has 5 N–H and O–H groups in total. The second kappa shape index (κ2) is 8.97. The fraction of sp³-hybridized carbons (Fsp3) is 0.182. The van der Waals surface area contributed by atoms with Gasteiger partial charge in [0.1, 0.15) is 11.4 Å². The lowest BCUT2D eigenvalue weighted by Crippen LogP contribution is -2.00. The number of benzene rings is 3. The molecule has 0 aliphatic carbocycles. The number of anilines is 4. The van der Waals surface area contributed by atoms with E-state index in [-0.39, 0.29) is 17.2 Å². The predicted octanol–water partition coefficient (Wildman–Crippen LogP) is 5.09. The van der Waals surface area contributed by atoms with Crippen molar-refractivity contribution in [2.24, 2.45) is 0 Å². The van der Waals surface area contributed by atoms with Crippen LogP contribution in [0.3, 0.4) is 0 Å². The van der Waals surface area contributed by atoms with Gasteiger partial charge in [0, 0.05) is 0 Å². The van der Waals surface area contributed by atoms with Gasteiger partial charge in [-0.3, -0.25) is 0 Å². The molecule has 7 heteroatoms. The number of nitrogens with one attached hydrogen (secondary N) is 2. The van der Waals surface area contributed by atoms with Crippen molar-refractivity contribution in [3.8, 4) is 28.7 Å². The molecule has 29 heavy (non-hydrogen) atoms. The molecule has 0 atom stereocenters. The normalized spacial score (nSPS) is 10.4. The van der Waals surface area contributed by atoms with E-state index in [1.165, 1.54) is 6.07 Å². The molecule has 0 spiro atoms. The van der Waals surface area contributed by atoms with Crippen molar-refractivity contribution in [3.63, 3.8) is 0 Å². The molecule has 0 unspecified atom stereocenters. The molecule has 3 rings (SSSR count). The van der Waals surface area contributed by atoms with Crippen molar-refractivity contribution in [2.45, 2.75) is 13.8 Å².